The highest BCUT2D eigenvalue weighted by Crippen LogP contribution is 2.38. The van der Waals surface area contributed by atoms with E-state index in [9.17, 15) is 18.5 Å². The van der Waals surface area contributed by atoms with Crippen molar-refractivity contribution in [2.75, 3.05) is 11.0 Å². The van der Waals surface area contributed by atoms with Crippen LogP contribution in [-0.4, -0.2) is 24.6 Å². The Kier molecular flexibility index (Phi) is 5.75. The fourth-order valence-electron chi connectivity index (χ4n) is 2.23. The number of benzene rings is 2. The molecule has 0 aliphatic rings. The molecule has 0 spiro atoms. The van der Waals surface area contributed by atoms with Crippen molar-refractivity contribution in [2.24, 2.45) is 0 Å². The van der Waals surface area contributed by atoms with Gasteiger partial charge in [-0.2, -0.15) is 0 Å². The van der Waals surface area contributed by atoms with Gasteiger partial charge in [-0.3, -0.25) is 14.8 Å². The second kappa shape index (κ2) is 7.92. The number of nitro benzene ring substituents is 1. The Labute approximate surface area is 173 Å². The van der Waals surface area contributed by atoms with E-state index in [2.05, 4.69) is 9.71 Å². The maximum Gasteiger partial charge on any atom is 0.279 e. The lowest BCUT2D eigenvalue weighted by Crippen LogP contribution is -2.09. The van der Waals surface area contributed by atoms with Gasteiger partial charge >= 0.3 is 0 Å². The van der Waals surface area contributed by atoms with Crippen molar-refractivity contribution in [3.63, 3.8) is 0 Å². The predicted octanol–water partition coefficient (Wildman–Crippen LogP) is 5.19. The van der Waals surface area contributed by atoms with Crippen molar-refractivity contribution in [2.45, 2.75) is 0 Å². The summed E-state index contributed by atoms with van der Waals surface area (Å²) in [4.78, 5) is 14.9. The maximum absolute atomic E-state index is 11.4. The van der Waals surface area contributed by atoms with Gasteiger partial charge in [-0.05, 0) is 30.3 Å². The Hall–Kier alpha value is -2.40. The number of sulfonamides is 1. The SMILES string of the molecule is CS(=O)(=O)Nc1nc(-c2cc(Oc3ccc(Cl)cc3Cl)ccc2[N+](=O)[O-])cs1. The molecule has 0 atom stereocenters. The van der Waals surface area contributed by atoms with Gasteiger partial charge in [-0.25, -0.2) is 13.4 Å². The average molecular weight is 460 g/mol. The molecular formula is C16H11Cl2N3O5S2. The largest absolute Gasteiger partial charge is 0.456 e. The third-order valence-electron chi connectivity index (χ3n) is 3.34. The zero-order valence-corrected chi connectivity index (χ0v) is 17.2. The number of rotatable bonds is 6. The molecule has 0 unspecified atom stereocenters. The number of hydrogen-bond donors (Lipinski definition) is 1. The van der Waals surface area contributed by atoms with Gasteiger partial charge in [0.05, 0.1) is 27.5 Å². The topological polar surface area (TPSA) is 111 Å². The number of anilines is 1. The van der Waals surface area contributed by atoms with Gasteiger partial charge in [0, 0.05) is 16.5 Å². The minimum Gasteiger partial charge on any atom is -0.456 e. The van der Waals surface area contributed by atoms with E-state index in [-0.39, 0.29) is 32.8 Å². The summed E-state index contributed by atoms with van der Waals surface area (Å²) in [5, 5.41) is 13.7. The van der Waals surface area contributed by atoms with Crippen LogP contribution in [0.1, 0.15) is 0 Å². The van der Waals surface area contributed by atoms with Crippen LogP contribution in [0.25, 0.3) is 11.3 Å². The van der Waals surface area contributed by atoms with Gasteiger partial charge in [-0.15, -0.1) is 11.3 Å². The molecule has 146 valence electrons. The van der Waals surface area contributed by atoms with Gasteiger partial charge in [0.1, 0.15) is 11.5 Å². The summed E-state index contributed by atoms with van der Waals surface area (Å²) in [5.41, 5.74) is 0.201. The molecule has 1 N–H and O–H groups in total. The van der Waals surface area contributed by atoms with Crippen LogP contribution in [0.5, 0.6) is 11.5 Å². The van der Waals surface area contributed by atoms with Crippen LogP contribution in [0.3, 0.4) is 0 Å². The summed E-state index contributed by atoms with van der Waals surface area (Å²) in [6.45, 7) is 0. The van der Waals surface area contributed by atoms with Crippen LogP contribution in [0.15, 0.2) is 41.8 Å². The summed E-state index contributed by atoms with van der Waals surface area (Å²) < 4.78 is 30.6. The number of nitro groups is 1. The molecule has 1 heterocycles. The summed E-state index contributed by atoms with van der Waals surface area (Å²) >= 11 is 13.0. The van der Waals surface area contributed by atoms with Gasteiger partial charge in [0.2, 0.25) is 10.0 Å². The molecule has 0 saturated heterocycles. The highest BCUT2D eigenvalue weighted by atomic mass is 35.5. The van der Waals surface area contributed by atoms with Gasteiger partial charge in [0.15, 0.2) is 5.13 Å². The van der Waals surface area contributed by atoms with Gasteiger partial charge in [0.25, 0.3) is 5.69 Å². The minimum atomic E-state index is -3.52. The fraction of sp³-hybridized carbons (Fsp3) is 0.0625. The molecule has 8 nitrogen and oxygen atoms in total. The number of halogens is 2. The third-order valence-corrected chi connectivity index (χ3v) is 5.32. The number of ether oxygens (including phenoxy) is 1. The minimum absolute atomic E-state index is 0.0962. The highest BCUT2D eigenvalue weighted by Gasteiger charge is 2.20. The van der Waals surface area contributed by atoms with E-state index in [1.807, 2.05) is 0 Å². The fourth-order valence-corrected chi connectivity index (χ4v) is 4.24. The molecule has 0 aliphatic carbocycles. The molecule has 3 rings (SSSR count). The van der Waals surface area contributed by atoms with Crippen molar-refractivity contribution in [3.05, 3.63) is 61.9 Å². The van der Waals surface area contributed by atoms with Crippen molar-refractivity contribution in [3.8, 4) is 22.8 Å². The maximum atomic E-state index is 11.4. The van der Waals surface area contributed by atoms with Crippen molar-refractivity contribution < 1.29 is 18.1 Å². The lowest BCUT2D eigenvalue weighted by Gasteiger charge is -2.09. The second-order valence-electron chi connectivity index (χ2n) is 5.52. The van der Waals surface area contributed by atoms with E-state index in [0.29, 0.717) is 10.8 Å². The first-order chi connectivity index (χ1) is 13.1. The van der Waals surface area contributed by atoms with Crippen LogP contribution in [0.4, 0.5) is 10.8 Å². The molecule has 12 heteroatoms. The van der Waals surface area contributed by atoms with Crippen LogP contribution in [-0.2, 0) is 10.0 Å². The first-order valence-corrected chi connectivity index (χ1v) is 11.0. The molecule has 2 aromatic carbocycles. The van der Waals surface area contributed by atoms with Gasteiger partial charge in [-0.1, -0.05) is 23.2 Å². The number of hydrogen-bond acceptors (Lipinski definition) is 7. The average Bonchev–Trinajstić information content (AvgIpc) is 3.03. The van der Waals surface area contributed by atoms with E-state index >= 15 is 0 Å². The lowest BCUT2D eigenvalue weighted by molar-refractivity contribution is -0.384. The zero-order valence-electron chi connectivity index (χ0n) is 14.0. The Balaban J connectivity index is 1.99. The third kappa shape index (κ3) is 4.90. The molecule has 1 aromatic heterocycles. The van der Waals surface area contributed by atoms with Crippen molar-refractivity contribution in [1.82, 2.24) is 4.98 Å². The summed E-state index contributed by atoms with van der Waals surface area (Å²) in [6.07, 6.45) is 0.987. The highest BCUT2D eigenvalue weighted by molar-refractivity contribution is 7.92. The Morgan fingerprint density at radius 1 is 1.21 bits per heavy atom. The van der Waals surface area contributed by atoms with Crippen LogP contribution in [0, 0.1) is 10.1 Å². The second-order valence-corrected chi connectivity index (χ2v) is 8.98. The van der Waals surface area contributed by atoms with Crippen LogP contribution < -0.4 is 9.46 Å². The summed E-state index contributed by atoms with van der Waals surface area (Å²) in [6, 6.07) is 8.81. The summed E-state index contributed by atoms with van der Waals surface area (Å²) in [5.74, 6) is 0.610. The molecule has 0 aliphatic heterocycles. The first-order valence-electron chi connectivity index (χ1n) is 7.47. The number of thiazole rings is 1. The van der Waals surface area contributed by atoms with Gasteiger partial charge < -0.3 is 4.74 Å². The predicted molar refractivity (Wildman–Crippen MR) is 109 cm³/mol. The van der Waals surface area contributed by atoms with E-state index in [1.54, 1.807) is 12.1 Å². The van der Waals surface area contributed by atoms with Crippen LogP contribution in [0.2, 0.25) is 10.0 Å². The van der Waals surface area contributed by atoms with Crippen LogP contribution >= 0.6 is 34.5 Å². The Morgan fingerprint density at radius 2 is 1.96 bits per heavy atom. The molecule has 0 amide bonds. The number of nitrogens with one attached hydrogen (secondary N) is 1. The Morgan fingerprint density at radius 3 is 2.61 bits per heavy atom. The lowest BCUT2D eigenvalue weighted by atomic mass is 10.1. The molecular weight excluding hydrogens is 449 g/mol. The standard InChI is InChI=1S/C16H11Cl2N3O5S2/c1-28(24,25)20-16-19-13(8-27-16)11-7-10(3-4-14(11)21(22)23)26-15-5-2-9(17)6-12(15)18/h2-8H,1H3,(H,19,20). The van der Waals surface area contributed by atoms with Crippen molar-refractivity contribution in [1.29, 1.82) is 0 Å². The van der Waals surface area contributed by atoms with E-state index in [0.717, 1.165) is 17.6 Å². The first kappa shape index (κ1) is 20.3. The molecule has 3 aromatic rings. The number of aromatic nitrogens is 1. The molecule has 0 saturated carbocycles. The molecule has 0 fully saturated rings. The monoisotopic (exact) mass is 459 g/mol. The normalized spacial score (nSPS) is 11.2. The Bertz CT molecular complexity index is 1160. The van der Waals surface area contributed by atoms with E-state index in [1.165, 1.54) is 29.6 Å². The molecule has 0 radical (unpaired) electrons. The number of nitrogens with zero attached hydrogens (tertiary/aromatic N) is 2. The molecule has 28 heavy (non-hydrogen) atoms. The van der Waals surface area contributed by atoms with E-state index < -0.39 is 14.9 Å². The van der Waals surface area contributed by atoms with Crippen molar-refractivity contribution >= 4 is 55.4 Å². The smallest absolute Gasteiger partial charge is 0.279 e. The molecule has 0 bridgehead atoms. The quantitative estimate of drug-likeness (QED) is 0.400. The summed E-state index contributed by atoms with van der Waals surface area (Å²) in [7, 11) is -3.52. The van der Waals surface area contributed by atoms with E-state index in [4.69, 9.17) is 27.9 Å². The zero-order chi connectivity index (χ0) is 20.5.